The van der Waals surface area contributed by atoms with Crippen molar-refractivity contribution in [2.75, 3.05) is 18.1 Å². The number of nitrogens with one attached hydrogen (secondary N) is 3. The van der Waals surface area contributed by atoms with Crippen molar-refractivity contribution in [1.29, 1.82) is 0 Å². The Bertz CT molecular complexity index is 1690. The van der Waals surface area contributed by atoms with Crippen LogP contribution in [0.3, 0.4) is 0 Å². The highest BCUT2D eigenvalue weighted by Crippen LogP contribution is 2.40. The van der Waals surface area contributed by atoms with Gasteiger partial charge in [-0.1, -0.05) is 5.16 Å². The monoisotopic (exact) mass is 677 g/mol. The molecule has 2 atom stereocenters. The molecule has 0 saturated carbocycles. The standard InChI is InChI=1S/C26H27N7O11S2/c1-10(34)43-7-12-8-45-22-17(21(39)33(22)18(12)23(40)41)29-20(38)16(13-9-46-25(27)28-13)32-44-26(2,3)24(42)31-30-19(37)11-4-5-14(35)15(36)6-11/h4-6,9,17,22,35-36H,7-8H2,1-3H3,(H2,27,28)(H,29,38)(H,30,37)(H,31,42)(H,40,41)/b32-16+. The molecule has 2 aliphatic rings. The molecule has 0 radical (unpaired) electrons. The quantitative estimate of drug-likeness (QED) is 0.0544. The minimum absolute atomic E-state index is 0.0497. The van der Waals surface area contributed by atoms with Crippen molar-refractivity contribution in [1.82, 2.24) is 26.1 Å². The summed E-state index contributed by atoms with van der Waals surface area (Å²) in [6.45, 7) is 3.39. The molecule has 18 nitrogen and oxygen atoms in total. The molecule has 1 saturated heterocycles. The van der Waals surface area contributed by atoms with Crippen LogP contribution in [0.1, 0.15) is 36.8 Å². The number of carbonyl (C=O) groups excluding carboxylic acids is 5. The lowest BCUT2D eigenvalue weighted by molar-refractivity contribution is -0.150. The Balaban J connectivity index is 1.46. The van der Waals surface area contributed by atoms with Crippen LogP contribution in [0.4, 0.5) is 5.13 Å². The Kier molecular flexibility index (Phi) is 9.71. The molecule has 0 spiro atoms. The van der Waals surface area contributed by atoms with Gasteiger partial charge in [0.25, 0.3) is 23.6 Å². The largest absolute Gasteiger partial charge is 0.504 e. The molecule has 20 heteroatoms. The normalized spacial score (nSPS) is 17.8. The van der Waals surface area contributed by atoms with Crippen molar-refractivity contribution in [3.63, 3.8) is 0 Å². The van der Waals surface area contributed by atoms with Gasteiger partial charge < -0.3 is 35.9 Å². The molecule has 3 heterocycles. The number of esters is 1. The number of anilines is 1. The van der Waals surface area contributed by atoms with E-state index in [1.807, 2.05) is 0 Å². The fourth-order valence-electron chi connectivity index (χ4n) is 4.00. The maximum Gasteiger partial charge on any atom is 0.352 e. The molecule has 1 aromatic carbocycles. The van der Waals surface area contributed by atoms with Crippen LogP contribution in [-0.4, -0.2) is 95.9 Å². The van der Waals surface area contributed by atoms with Crippen LogP contribution >= 0.6 is 23.1 Å². The molecule has 2 aliphatic heterocycles. The first-order valence-electron chi connectivity index (χ1n) is 13.0. The maximum atomic E-state index is 13.4. The number of nitrogens with zero attached hydrogens (tertiary/aromatic N) is 3. The minimum Gasteiger partial charge on any atom is -0.504 e. The number of oxime groups is 1. The molecule has 244 valence electrons. The second-order valence-electron chi connectivity index (χ2n) is 10.1. The lowest BCUT2D eigenvalue weighted by Crippen LogP contribution is -2.71. The molecule has 2 unspecified atom stereocenters. The number of fused-ring (bicyclic) bond motifs is 1. The van der Waals surface area contributed by atoms with Gasteiger partial charge in [0.05, 0.1) is 0 Å². The minimum atomic E-state index is -1.81. The third-order valence-corrected chi connectivity index (χ3v) is 8.42. The number of β-lactam (4-membered cyclic amide) rings is 1. The second kappa shape index (κ2) is 13.3. The Labute approximate surface area is 267 Å². The molecule has 4 amide bonds. The first-order valence-corrected chi connectivity index (χ1v) is 15.0. The maximum absolute atomic E-state index is 13.4. The summed E-state index contributed by atoms with van der Waals surface area (Å²) in [5.74, 6) is -6.35. The average Bonchev–Trinajstić information content (AvgIpc) is 3.43. The third kappa shape index (κ3) is 7.12. The first-order chi connectivity index (χ1) is 21.6. The molecule has 0 aliphatic carbocycles. The van der Waals surface area contributed by atoms with Crippen LogP contribution in [0.25, 0.3) is 0 Å². The number of hydrogen-bond acceptors (Lipinski definition) is 15. The SMILES string of the molecule is CC(=O)OCC1=C(C(=O)O)N2C(=O)C(NC(=O)/C(=N/OC(C)(C)C(=O)NNC(=O)c3ccc(O)c(O)c3)c3csc(N)n3)C2SC1. The van der Waals surface area contributed by atoms with Crippen molar-refractivity contribution < 1.29 is 53.7 Å². The summed E-state index contributed by atoms with van der Waals surface area (Å²) in [6.07, 6.45) is 0. The molecule has 0 bridgehead atoms. The van der Waals surface area contributed by atoms with Crippen LogP contribution in [0.5, 0.6) is 11.5 Å². The van der Waals surface area contributed by atoms with Gasteiger partial charge in [-0.15, -0.1) is 23.1 Å². The van der Waals surface area contributed by atoms with Gasteiger partial charge in [0, 0.05) is 29.2 Å². The van der Waals surface area contributed by atoms with E-state index in [-0.39, 0.29) is 40.0 Å². The summed E-state index contributed by atoms with van der Waals surface area (Å²) in [6, 6.07) is 2.09. The van der Waals surface area contributed by atoms with Crippen molar-refractivity contribution in [3.8, 4) is 11.5 Å². The number of thioether (sulfide) groups is 1. The van der Waals surface area contributed by atoms with E-state index in [9.17, 15) is 44.1 Å². The smallest absolute Gasteiger partial charge is 0.352 e. The second-order valence-corrected chi connectivity index (χ2v) is 12.1. The molecular weight excluding hydrogens is 650 g/mol. The fraction of sp³-hybridized carbons (Fsp3) is 0.308. The van der Waals surface area contributed by atoms with E-state index < -0.39 is 69.8 Å². The number of carbonyl (C=O) groups is 6. The number of aliphatic carboxylic acids is 1. The van der Waals surface area contributed by atoms with Gasteiger partial charge in [-0.2, -0.15) is 0 Å². The number of carboxylic acids is 1. The predicted octanol–water partition coefficient (Wildman–Crippen LogP) is -0.601. The zero-order valence-electron chi connectivity index (χ0n) is 24.2. The van der Waals surface area contributed by atoms with Gasteiger partial charge >= 0.3 is 11.9 Å². The van der Waals surface area contributed by atoms with Crippen molar-refractivity contribution in [2.45, 2.75) is 37.8 Å². The highest BCUT2D eigenvalue weighted by Gasteiger charge is 2.54. The van der Waals surface area contributed by atoms with Crippen molar-refractivity contribution >= 4 is 69.5 Å². The van der Waals surface area contributed by atoms with Crippen LogP contribution < -0.4 is 21.9 Å². The number of benzene rings is 1. The molecule has 1 aromatic heterocycles. The number of aromatic nitrogens is 1. The zero-order valence-corrected chi connectivity index (χ0v) is 25.9. The number of amides is 4. The number of phenolic OH excluding ortho intramolecular Hbond substituents is 2. The van der Waals surface area contributed by atoms with E-state index in [1.54, 1.807) is 0 Å². The number of carboxylic acid groups (broad SMARTS) is 1. The summed E-state index contributed by atoms with van der Waals surface area (Å²) in [5, 5.41) is 35.7. The Hall–Kier alpha value is -5.37. The van der Waals surface area contributed by atoms with E-state index in [0.717, 1.165) is 47.1 Å². The third-order valence-electron chi connectivity index (χ3n) is 6.40. The molecule has 1 fully saturated rings. The summed E-state index contributed by atoms with van der Waals surface area (Å²) in [7, 11) is 0. The summed E-state index contributed by atoms with van der Waals surface area (Å²) >= 11 is 2.12. The van der Waals surface area contributed by atoms with E-state index in [0.29, 0.717) is 0 Å². The fourth-order valence-corrected chi connectivity index (χ4v) is 5.87. The number of rotatable bonds is 10. The molecule has 2 aromatic rings. The highest BCUT2D eigenvalue weighted by atomic mass is 32.2. The van der Waals surface area contributed by atoms with Crippen LogP contribution in [0.15, 0.2) is 40.0 Å². The Morgan fingerprint density at radius 3 is 2.50 bits per heavy atom. The number of hydrazine groups is 1. The molecule has 46 heavy (non-hydrogen) atoms. The van der Waals surface area contributed by atoms with Crippen molar-refractivity contribution in [2.24, 2.45) is 5.16 Å². The van der Waals surface area contributed by atoms with Gasteiger partial charge in [0.15, 0.2) is 22.3 Å². The lowest BCUT2D eigenvalue weighted by atomic mass is 10.0. The lowest BCUT2D eigenvalue weighted by Gasteiger charge is -2.49. The van der Waals surface area contributed by atoms with Crippen molar-refractivity contribution in [3.05, 3.63) is 46.1 Å². The van der Waals surface area contributed by atoms with Gasteiger partial charge in [-0.25, -0.2) is 9.78 Å². The Morgan fingerprint density at radius 2 is 1.89 bits per heavy atom. The van der Waals surface area contributed by atoms with Crippen LogP contribution in [0.2, 0.25) is 0 Å². The number of hydrogen-bond donors (Lipinski definition) is 7. The van der Waals surface area contributed by atoms with Gasteiger partial charge in [0.1, 0.15) is 29.4 Å². The van der Waals surface area contributed by atoms with Gasteiger partial charge in [-0.05, 0) is 32.0 Å². The summed E-state index contributed by atoms with van der Waals surface area (Å²) in [5.41, 5.74) is 7.43. The number of ether oxygens (including phenoxy) is 1. The molecule has 4 rings (SSSR count). The van der Waals surface area contributed by atoms with Crippen LogP contribution in [0, 0.1) is 0 Å². The summed E-state index contributed by atoms with van der Waals surface area (Å²) < 4.78 is 4.91. The predicted molar refractivity (Wildman–Crippen MR) is 160 cm³/mol. The van der Waals surface area contributed by atoms with E-state index in [2.05, 4.69) is 26.3 Å². The topological polar surface area (TPSA) is 272 Å². The first kappa shape index (κ1) is 33.5. The van der Waals surface area contributed by atoms with Crippen LogP contribution in [-0.2, 0) is 33.5 Å². The number of thiazole rings is 1. The molecule has 8 N–H and O–H groups in total. The molecular formula is C26H27N7O11S2. The van der Waals surface area contributed by atoms with Gasteiger partial charge in [0.2, 0.25) is 5.60 Å². The van der Waals surface area contributed by atoms with E-state index in [1.165, 1.54) is 25.3 Å². The summed E-state index contributed by atoms with van der Waals surface area (Å²) in [4.78, 5) is 85.1. The number of nitrogen functional groups attached to an aromatic ring is 1. The highest BCUT2D eigenvalue weighted by molar-refractivity contribution is 8.00. The Morgan fingerprint density at radius 1 is 1.17 bits per heavy atom. The number of nitrogens with two attached hydrogens (primary N) is 1. The number of aromatic hydroxyl groups is 2. The number of phenols is 2. The average molecular weight is 678 g/mol. The zero-order chi connectivity index (χ0) is 33.9. The van der Waals surface area contributed by atoms with E-state index in [4.69, 9.17) is 15.3 Å². The van der Waals surface area contributed by atoms with Gasteiger partial charge in [-0.3, -0.25) is 39.7 Å². The van der Waals surface area contributed by atoms with E-state index >= 15 is 0 Å².